The highest BCUT2D eigenvalue weighted by Crippen LogP contribution is 2.30. The molecule has 0 radical (unpaired) electrons. The maximum absolute atomic E-state index is 13.9. The smallest absolute Gasteiger partial charge is 0.348 e. The minimum absolute atomic E-state index is 0.110. The molecule has 168 valence electrons. The predicted molar refractivity (Wildman–Crippen MR) is 119 cm³/mol. The topological polar surface area (TPSA) is 42.0 Å². The van der Waals surface area contributed by atoms with Crippen LogP contribution in [0, 0.1) is 19.7 Å². The molecule has 0 fully saturated rings. The van der Waals surface area contributed by atoms with Crippen LogP contribution in [0.25, 0.3) is 22.2 Å². The number of rotatable bonds is 4. The maximum atomic E-state index is 13.9. The number of benzene rings is 3. The molecule has 0 aliphatic rings. The molecule has 7 heteroatoms. The van der Waals surface area contributed by atoms with Crippen LogP contribution >= 0.6 is 0 Å². The molecule has 0 aliphatic heterocycles. The number of halogens is 4. The number of carbonyl (C=O) groups excluding carboxylic acids is 1. The van der Waals surface area contributed by atoms with Gasteiger partial charge in [-0.05, 0) is 73.0 Å². The van der Waals surface area contributed by atoms with E-state index in [1.54, 1.807) is 6.07 Å². The van der Waals surface area contributed by atoms with E-state index in [0.29, 0.717) is 22.2 Å². The SMILES string of the molecule is Cc1ccc(-c2cc(C(=O)NCc3cccc(C(F)(F)F)c3)c3cc(F)ccc3n2)cc1C. The van der Waals surface area contributed by atoms with Crippen molar-refractivity contribution in [2.24, 2.45) is 0 Å². The standard InChI is InChI=1S/C26H20F4N2O/c1-15-6-7-18(10-16(15)2)24-13-22(21-12-20(27)8-9-23(21)32-24)25(33)31-14-17-4-3-5-19(11-17)26(28,29)30/h3-13H,14H2,1-2H3,(H,31,33). The van der Waals surface area contributed by atoms with Gasteiger partial charge in [-0.15, -0.1) is 0 Å². The summed E-state index contributed by atoms with van der Waals surface area (Å²) >= 11 is 0. The number of amides is 1. The van der Waals surface area contributed by atoms with Crippen molar-refractivity contribution in [3.05, 3.63) is 100 Å². The van der Waals surface area contributed by atoms with E-state index in [1.807, 2.05) is 32.0 Å². The first kappa shape index (κ1) is 22.5. The van der Waals surface area contributed by atoms with Crippen molar-refractivity contribution < 1.29 is 22.4 Å². The number of hydrogen-bond donors (Lipinski definition) is 1. The Morgan fingerprint density at radius 2 is 1.73 bits per heavy atom. The van der Waals surface area contributed by atoms with E-state index in [-0.39, 0.29) is 12.1 Å². The van der Waals surface area contributed by atoms with Gasteiger partial charge >= 0.3 is 6.18 Å². The molecular formula is C26H20F4N2O. The molecule has 3 aromatic carbocycles. The van der Waals surface area contributed by atoms with Crippen molar-refractivity contribution in [2.45, 2.75) is 26.6 Å². The van der Waals surface area contributed by atoms with Crippen LogP contribution in [0.3, 0.4) is 0 Å². The lowest BCUT2D eigenvalue weighted by Crippen LogP contribution is -2.23. The minimum atomic E-state index is -4.47. The van der Waals surface area contributed by atoms with Gasteiger partial charge in [0.2, 0.25) is 0 Å². The van der Waals surface area contributed by atoms with Gasteiger partial charge in [0, 0.05) is 17.5 Å². The molecule has 0 saturated carbocycles. The van der Waals surface area contributed by atoms with Gasteiger partial charge in [0.1, 0.15) is 5.82 Å². The van der Waals surface area contributed by atoms with Crippen molar-refractivity contribution >= 4 is 16.8 Å². The van der Waals surface area contributed by atoms with E-state index in [9.17, 15) is 22.4 Å². The first-order valence-electron chi connectivity index (χ1n) is 10.2. The number of nitrogens with one attached hydrogen (secondary N) is 1. The number of carbonyl (C=O) groups is 1. The zero-order valence-corrected chi connectivity index (χ0v) is 17.9. The zero-order valence-electron chi connectivity index (χ0n) is 17.9. The Labute approximate surface area is 188 Å². The van der Waals surface area contributed by atoms with Gasteiger partial charge in [0.05, 0.1) is 22.3 Å². The third kappa shape index (κ3) is 4.87. The molecule has 1 amide bonds. The van der Waals surface area contributed by atoms with Crippen LogP contribution in [0.1, 0.15) is 32.6 Å². The first-order chi connectivity index (χ1) is 15.6. The number of nitrogens with zero attached hydrogens (tertiary/aromatic N) is 1. The molecule has 0 saturated heterocycles. The van der Waals surface area contributed by atoms with Crippen LogP contribution in [-0.2, 0) is 12.7 Å². The fourth-order valence-corrected chi connectivity index (χ4v) is 3.57. The third-order valence-corrected chi connectivity index (χ3v) is 5.53. The average Bonchev–Trinajstić information content (AvgIpc) is 2.78. The van der Waals surface area contributed by atoms with Crippen molar-refractivity contribution in [3.8, 4) is 11.3 Å². The van der Waals surface area contributed by atoms with Crippen molar-refractivity contribution in [1.29, 1.82) is 0 Å². The van der Waals surface area contributed by atoms with E-state index in [4.69, 9.17) is 0 Å². The van der Waals surface area contributed by atoms with Gasteiger partial charge < -0.3 is 5.32 Å². The fraction of sp³-hybridized carbons (Fsp3) is 0.154. The van der Waals surface area contributed by atoms with E-state index in [2.05, 4.69) is 10.3 Å². The number of fused-ring (bicyclic) bond motifs is 1. The van der Waals surface area contributed by atoms with Gasteiger partial charge in [-0.25, -0.2) is 9.37 Å². The summed E-state index contributed by atoms with van der Waals surface area (Å²) in [5.74, 6) is -1.05. The highest BCUT2D eigenvalue weighted by molar-refractivity contribution is 6.07. The summed E-state index contributed by atoms with van der Waals surface area (Å²) in [4.78, 5) is 17.6. The van der Waals surface area contributed by atoms with Gasteiger partial charge in [0.25, 0.3) is 5.91 Å². The number of pyridine rings is 1. The van der Waals surface area contributed by atoms with Gasteiger partial charge in [-0.2, -0.15) is 13.2 Å². The van der Waals surface area contributed by atoms with E-state index in [0.717, 1.165) is 28.8 Å². The molecule has 1 aromatic heterocycles. The monoisotopic (exact) mass is 452 g/mol. The quantitative estimate of drug-likeness (QED) is 0.354. The molecule has 33 heavy (non-hydrogen) atoms. The second-order valence-corrected chi connectivity index (χ2v) is 7.90. The van der Waals surface area contributed by atoms with Crippen LogP contribution in [0.15, 0.2) is 66.7 Å². The van der Waals surface area contributed by atoms with Crippen LogP contribution < -0.4 is 5.32 Å². The summed E-state index contributed by atoms with van der Waals surface area (Å²) in [6, 6.07) is 16.1. The molecule has 0 spiro atoms. The minimum Gasteiger partial charge on any atom is -0.348 e. The summed E-state index contributed by atoms with van der Waals surface area (Å²) < 4.78 is 52.9. The first-order valence-corrected chi connectivity index (χ1v) is 10.2. The molecular weight excluding hydrogens is 432 g/mol. The van der Waals surface area contributed by atoms with E-state index in [1.165, 1.54) is 30.3 Å². The Bertz CT molecular complexity index is 1360. The highest BCUT2D eigenvalue weighted by Gasteiger charge is 2.30. The zero-order chi connectivity index (χ0) is 23.8. The van der Waals surface area contributed by atoms with Crippen LogP contribution in [0.2, 0.25) is 0 Å². The lowest BCUT2D eigenvalue weighted by Gasteiger charge is -2.13. The Morgan fingerprint density at radius 1 is 0.939 bits per heavy atom. The molecule has 0 unspecified atom stereocenters. The average molecular weight is 452 g/mol. The molecule has 3 nitrogen and oxygen atoms in total. The van der Waals surface area contributed by atoms with Crippen molar-refractivity contribution in [1.82, 2.24) is 10.3 Å². The lowest BCUT2D eigenvalue weighted by atomic mass is 10.0. The Balaban J connectivity index is 1.70. The summed E-state index contributed by atoms with van der Waals surface area (Å²) in [5, 5.41) is 2.97. The molecule has 0 atom stereocenters. The number of aryl methyl sites for hydroxylation is 2. The maximum Gasteiger partial charge on any atom is 0.416 e. The lowest BCUT2D eigenvalue weighted by molar-refractivity contribution is -0.137. The summed E-state index contributed by atoms with van der Waals surface area (Å²) in [5.41, 5.74) is 3.67. The summed E-state index contributed by atoms with van der Waals surface area (Å²) in [6.07, 6.45) is -4.47. The van der Waals surface area contributed by atoms with E-state index >= 15 is 0 Å². The van der Waals surface area contributed by atoms with Crippen molar-refractivity contribution in [3.63, 3.8) is 0 Å². The van der Waals surface area contributed by atoms with Gasteiger partial charge in [-0.3, -0.25) is 4.79 Å². The third-order valence-electron chi connectivity index (χ3n) is 5.53. The highest BCUT2D eigenvalue weighted by atomic mass is 19.4. The van der Waals surface area contributed by atoms with E-state index < -0.39 is 23.5 Å². The molecule has 4 rings (SSSR count). The number of alkyl halides is 3. The van der Waals surface area contributed by atoms with Crippen molar-refractivity contribution in [2.75, 3.05) is 0 Å². The molecule has 4 aromatic rings. The fourth-order valence-electron chi connectivity index (χ4n) is 3.57. The normalized spacial score (nSPS) is 11.6. The molecule has 1 N–H and O–H groups in total. The summed E-state index contributed by atoms with van der Waals surface area (Å²) in [7, 11) is 0. The Morgan fingerprint density at radius 3 is 2.45 bits per heavy atom. The summed E-state index contributed by atoms with van der Waals surface area (Å²) in [6.45, 7) is 3.85. The predicted octanol–water partition coefficient (Wildman–Crippen LogP) is 6.61. The Hall–Kier alpha value is -3.74. The molecule has 1 heterocycles. The Kier molecular flexibility index (Phi) is 5.89. The van der Waals surface area contributed by atoms with Gasteiger partial charge in [0.15, 0.2) is 0 Å². The van der Waals surface area contributed by atoms with Crippen LogP contribution in [0.5, 0.6) is 0 Å². The van der Waals surface area contributed by atoms with Crippen LogP contribution in [-0.4, -0.2) is 10.9 Å². The largest absolute Gasteiger partial charge is 0.416 e. The number of hydrogen-bond acceptors (Lipinski definition) is 2. The molecule has 0 aliphatic carbocycles. The molecule has 0 bridgehead atoms. The van der Waals surface area contributed by atoms with Crippen LogP contribution in [0.4, 0.5) is 17.6 Å². The second-order valence-electron chi connectivity index (χ2n) is 7.90. The second kappa shape index (κ2) is 8.65. The van der Waals surface area contributed by atoms with Gasteiger partial charge in [-0.1, -0.05) is 24.3 Å². The number of aromatic nitrogens is 1.